The van der Waals surface area contributed by atoms with E-state index in [2.05, 4.69) is 20.9 Å². The number of hydrogen-bond acceptors (Lipinski definition) is 3. The lowest BCUT2D eigenvalue weighted by atomic mass is 10.2. The summed E-state index contributed by atoms with van der Waals surface area (Å²) in [6.07, 6.45) is 4.65. The molecule has 0 bridgehead atoms. The number of amides is 1. The monoisotopic (exact) mass is 282 g/mol. The number of carbonyl (C=O) groups excluding carboxylic acids is 1. The zero-order valence-corrected chi connectivity index (χ0v) is 10.4. The van der Waals surface area contributed by atoms with Crippen molar-refractivity contribution in [3.63, 3.8) is 0 Å². The highest BCUT2D eigenvalue weighted by atomic mass is 79.9. The highest BCUT2D eigenvalue weighted by Gasteiger charge is 2.17. The lowest BCUT2D eigenvalue weighted by Crippen LogP contribution is -2.33. The summed E-state index contributed by atoms with van der Waals surface area (Å²) < 4.78 is 5.72. The molecule has 84 valence electrons. The van der Waals surface area contributed by atoms with Crippen molar-refractivity contribution >= 4 is 22.0 Å². The number of hydrogen-bond donors (Lipinski definition) is 0. The average Bonchev–Trinajstić information content (AvgIpc) is 2.27. The van der Waals surface area contributed by atoms with E-state index in [9.17, 15) is 4.79 Å². The smallest absolute Gasteiger partial charge is 0.415 e. The van der Waals surface area contributed by atoms with Gasteiger partial charge in [-0.1, -0.05) is 0 Å². The summed E-state index contributed by atoms with van der Waals surface area (Å²) in [6, 6.07) is 1.97. The lowest BCUT2D eigenvalue weighted by molar-refractivity contribution is 0.131. The van der Waals surface area contributed by atoms with Crippen molar-refractivity contribution in [3.8, 4) is 0 Å². The molecule has 0 N–H and O–H groups in total. The molecule has 0 fully saturated rings. The fraction of sp³-hybridized carbons (Fsp3) is 0.273. The van der Waals surface area contributed by atoms with Crippen LogP contribution in [0.3, 0.4) is 0 Å². The van der Waals surface area contributed by atoms with Crippen LogP contribution in [-0.4, -0.2) is 22.5 Å². The number of aromatic nitrogens is 1. The fourth-order valence-corrected chi connectivity index (χ4v) is 1.85. The molecule has 1 aromatic heterocycles. The second-order valence-electron chi connectivity index (χ2n) is 3.53. The van der Waals surface area contributed by atoms with E-state index >= 15 is 0 Å². The highest BCUT2D eigenvalue weighted by Crippen LogP contribution is 2.16. The Hall–Kier alpha value is -1.36. The standard InChI is InChI=1S/C11H11BrN2O2/c1-8-9(5-10(12)6-13-8)7-14-3-2-4-16-11(14)15/h2,4-6H,3,7H2,1H3. The van der Waals surface area contributed by atoms with Crippen LogP contribution in [0.4, 0.5) is 4.79 Å². The van der Waals surface area contributed by atoms with Crippen molar-refractivity contribution in [1.82, 2.24) is 9.88 Å². The van der Waals surface area contributed by atoms with Gasteiger partial charge in [-0.25, -0.2) is 4.79 Å². The molecular formula is C11H11BrN2O2. The number of cyclic esters (lactones) is 1. The van der Waals surface area contributed by atoms with E-state index in [0.717, 1.165) is 15.7 Å². The van der Waals surface area contributed by atoms with Gasteiger partial charge in [0.1, 0.15) is 0 Å². The minimum absolute atomic E-state index is 0.318. The van der Waals surface area contributed by atoms with Gasteiger partial charge in [0.15, 0.2) is 0 Å². The SMILES string of the molecule is Cc1ncc(Br)cc1CN1CC=COC1=O. The molecule has 5 heteroatoms. The Morgan fingerprint density at radius 3 is 3.19 bits per heavy atom. The molecule has 1 aromatic rings. The fourth-order valence-electron chi connectivity index (χ4n) is 1.47. The highest BCUT2D eigenvalue weighted by molar-refractivity contribution is 9.10. The van der Waals surface area contributed by atoms with Crippen LogP contribution >= 0.6 is 15.9 Å². The topological polar surface area (TPSA) is 42.4 Å². The number of pyridine rings is 1. The minimum Gasteiger partial charge on any atom is -0.418 e. The Bertz CT molecular complexity index is 446. The first-order valence-corrected chi connectivity index (χ1v) is 5.67. The molecule has 0 atom stereocenters. The van der Waals surface area contributed by atoms with Crippen molar-refractivity contribution in [2.24, 2.45) is 0 Å². The van der Waals surface area contributed by atoms with E-state index in [0.29, 0.717) is 13.1 Å². The summed E-state index contributed by atoms with van der Waals surface area (Å²) in [5, 5.41) is 0. The number of ether oxygens (including phenoxy) is 1. The van der Waals surface area contributed by atoms with Crippen LogP contribution in [-0.2, 0) is 11.3 Å². The van der Waals surface area contributed by atoms with Gasteiger partial charge in [0.2, 0.25) is 0 Å². The van der Waals surface area contributed by atoms with Gasteiger partial charge in [-0.3, -0.25) is 9.88 Å². The molecule has 16 heavy (non-hydrogen) atoms. The summed E-state index contributed by atoms with van der Waals surface area (Å²) in [4.78, 5) is 17.3. The molecule has 0 spiro atoms. The summed E-state index contributed by atoms with van der Waals surface area (Å²) in [5.74, 6) is 0. The van der Waals surface area contributed by atoms with Crippen LogP contribution in [0.1, 0.15) is 11.3 Å². The number of nitrogens with zero attached hydrogens (tertiary/aromatic N) is 2. The summed E-state index contributed by atoms with van der Waals surface area (Å²) >= 11 is 3.37. The van der Waals surface area contributed by atoms with Gasteiger partial charge in [-0.05, 0) is 40.6 Å². The van der Waals surface area contributed by atoms with Crippen LogP contribution < -0.4 is 0 Å². The van der Waals surface area contributed by atoms with Crippen LogP contribution in [0, 0.1) is 6.92 Å². The number of aryl methyl sites for hydroxylation is 1. The van der Waals surface area contributed by atoms with Crippen molar-refractivity contribution in [2.45, 2.75) is 13.5 Å². The van der Waals surface area contributed by atoms with Crippen molar-refractivity contribution < 1.29 is 9.53 Å². The van der Waals surface area contributed by atoms with Crippen molar-refractivity contribution in [1.29, 1.82) is 0 Å². The Balaban J connectivity index is 2.17. The number of carbonyl (C=O) groups is 1. The Morgan fingerprint density at radius 1 is 1.62 bits per heavy atom. The maximum absolute atomic E-state index is 11.4. The Labute approximate surface area is 102 Å². The van der Waals surface area contributed by atoms with Gasteiger partial charge in [0, 0.05) is 22.9 Å². The maximum atomic E-state index is 11.4. The van der Waals surface area contributed by atoms with Crippen LogP contribution in [0.15, 0.2) is 29.1 Å². The summed E-state index contributed by atoms with van der Waals surface area (Å²) in [6.45, 7) is 3.01. The van der Waals surface area contributed by atoms with E-state index in [1.807, 2.05) is 19.1 Å². The van der Waals surface area contributed by atoms with Gasteiger partial charge in [0.25, 0.3) is 0 Å². The summed E-state index contributed by atoms with van der Waals surface area (Å²) in [7, 11) is 0. The first-order chi connectivity index (χ1) is 7.66. The van der Waals surface area contributed by atoms with Gasteiger partial charge in [-0.2, -0.15) is 0 Å². The molecule has 1 amide bonds. The number of rotatable bonds is 2. The van der Waals surface area contributed by atoms with E-state index < -0.39 is 0 Å². The normalized spacial score (nSPS) is 15.1. The second kappa shape index (κ2) is 4.65. The van der Waals surface area contributed by atoms with Crippen LogP contribution in [0.2, 0.25) is 0 Å². The molecule has 4 nitrogen and oxygen atoms in total. The van der Waals surface area contributed by atoms with Crippen molar-refractivity contribution in [2.75, 3.05) is 6.54 Å². The minimum atomic E-state index is -0.318. The zero-order chi connectivity index (χ0) is 11.5. The first kappa shape index (κ1) is 11.1. The van der Waals surface area contributed by atoms with Crippen LogP contribution in [0.5, 0.6) is 0 Å². The molecule has 0 aromatic carbocycles. The van der Waals surface area contributed by atoms with Crippen molar-refractivity contribution in [3.05, 3.63) is 40.3 Å². The zero-order valence-electron chi connectivity index (χ0n) is 8.81. The third kappa shape index (κ3) is 2.41. The molecule has 2 heterocycles. The quantitative estimate of drug-likeness (QED) is 0.838. The second-order valence-corrected chi connectivity index (χ2v) is 4.45. The maximum Gasteiger partial charge on any atom is 0.415 e. The van der Waals surface area contributed by atoms with E-state index in [4.69, 9.17) is 4.74 Å². The first-order valence-electron chi connectivity index (χ1n) is 4.88. The molecular weight excluding hydrogens is 272 g/mol. The Morgan fingerprint density at radius 2 is 2.44 bits per heavy atom. The molecule has 1 aliphatic rings. The van der Waals surface area contributed by atoms with Gasteiger partial charge in [-0.15, -0.1) is 0 Å². The number of halogens is 1. The molecule has 1 aliphatic heterocycles. The third-order valence-corrected chi connectivity index (χ3v) is 2.80. The van der Waals surface area contributed by atoms with E-state index in [1.54, 1.807) is 11.1 Å². The molecule has 0 aliphatic carbocycles. The van der Waals surface area contributed by atoms with Gasteiger partial charge in [0.05, 0.1) is 12.8 Å². The molecule has 0 saturated heterocycles. The van der Waals surface area contributed by atoms with Crippen LogP contribution in [0.25, 0.3) is 0 Å². The van der Waals surface area contributed by atoms with E-state index in [-0.39, 0.29) is 6.09 Å². The Kier molecular flexibility index (Phi) is 3.24. The predicted molar refractivity (Wildman–Crippen MR) is 62.7 cm³/mol. The molecule has 0 unspecified atom stereocenters. The molecule has 2 rings (SSSR count). The lowest BCUT2D eigenvalue weighted by Gasteiger charge is -2.23. The van der Waals surface area contributed by atoms with Gasteiger partial charge < -0.3 is 4.74 Å². The largest absolute Gasteiger partial charge is 0.418 e. The third-order valence-electron chi connectivity index (χ3n) is 2.37. The molecule has 0 saturated carbocycles. The van der Waals surface area contributed by atoms with E-state index in [1.165, 1.54) is 6.26 Å². The average molecular weight is 283 g/mol. The van der Waals surface area contributed by atoms with Gasteiger partial charge >= 0.3 is 6.09 Å². The summed E-state index contributed by atoms with van der Waals surface area (Å²) in [5.41, 5.74) is 1.94. The molecule has 0 radical (unpaired) electrons. The predicted octanol–water partition coefficient (Wildman–Crippen LogP) is 2.62.